The fraction of sp³-hybridized carbons (Fsp3) is 0.250. The van der Waals surface area contributed by atoms with Crippen molar-refractivity contribution < 1.29 is 37.0 Å². The highest BCUT2D eigenvalue weighted by Gasteiger charge is 2.30. The Morgan fingerprint density at radius 1 is 0.746 bits per heavy atom. The molecule has 9 nitrogen and oxygen atoms in total. The van der Waals surface area contributed by atoms with E-state index in [1.165, 1.54) is 28.3 Å². The van der Waals surface area contributed by atoms with E-state index in [0.717, 1.165) is 73.6 Å². The lowest BCUT2D eigenvalue weighted by Gasteiger charge is -2.14. The molecular formula is C48H42ClF3N4O5S2. The zero-order valence-corrected chi connectivity index (χ0v) is 37.0. The number of aryl methyl sites for hydroxylation is 2. The number of halogens is 4. The van der Waals surface area contributed by atoms with Gasteiger partial charge in [-0.25, -0.2) is 19.6 Å². The van der Waals surface area contributed by atoms with Crippen molar-refractivity contribution in [2.45, 2.75) is 65.2 Å². The van der Waals surface area contributed by atoms with E-state index < -0.39 is 29.7 Å². The van der Waals surface area contributed by atoms with E-state index in [-0.39, 0.29) is 6.54 Å². The quantitative estimate of drug-likeness (QED) is 0.0703. The number of carbonyl (C=O) groups excluding carboxylic acids is 2. The van der Waals surface area contributed by atoms with Crippen molar-refractivity contribution >= 4 is 68.0 Å². The Hall–Kier alpha value is -5.96. The van der Waals surface area contributed by atoms with Crippen LogP contribution in [-0.2, 0) is 52.7 Å². The number of ether oxygens (including phenoxy) is 3. The second-order valence-corrected chi connectivity index (χ2v) is 17.4. The Balaban J connectivity index is 0.828. The third kappa shape index (κ3) is 9.83. The highest BCUT2D eigenvalue weighted by molar-refractivity contribution is 7.15. The molecule has 1 atom stereocenters. The molecule has 0 aliphatic heterocycles. The molecule has 0 N–H and O–H groups in total. The van der Waals surface area contributed by atoms with Crippen LogP contribution in [0, 0.1) is 0 Å². The van der Waals surface area contributed by atoms with Crippen LogP contribution in [0.5, 0.6) is 11.5 Å². The van der Waals surface area contributed by atoms with E-state index in [4.69, 9.17) is 35.8 Å². The number of benzene rings is 4. The van der Waals surface area contributed by atoms with Crippen molar-refractivity contribution in [2.24, 2.45) is 0 Å². The van der Waals surface area contributed by atoms with E-state index >= 15 is 0 Å². The molecule has 1 unspecified atom stereocenters. The molecule has 0 saturated heterocycles. The molecule has 4 heterocycles. The average molecular weight is 911 g/mol. The molecule has 0 spiro atoms. The number of alkyl halides is 3. The molecule has 0 amide bonds. The van der Waals surface area contributed by atoms with Crippen molar-refractivity contribution in [3.8, 4) is 32.6 Å². The molecule has 0 aliphatic carbocycles. The monoisotopic (exact) mass is 910 g/mol. The van der Waals surface area contributed by atoms with Gasteiger partial charge in [-0.15, -0.1) is 22.7 Å². The van der Waals surface area contributed by atoms with Gasteiger partial charge in [0.15, 0.2) is 0 Å². The first-order valence-corrected chi connectivity index (χ1v) is 22.5. The van der Waals surface area contributed by atoms with Gasteiger partial charge in [0.25, 0.3) is 0 Å². The van der Waals surface area contributed by atoms with Crippen LogP contribution in [0.4, 0.5) is 13.2 Å². The Morgan fingerprint density at radius 3 is 1.97 bits per heavy atom. The number of hydrogen-bond donors (Lipinski definition) is 0. The lowest BCUT2D eigenvalue weighted by Crippen LogP contribution is -2.24. The standard InChI is InChI=1S/C48H42ClF3N4O5S2/c1-4-42-38(53-45(62-42)30-10-12-33(13-11-30)48(50,51)52)20-24-60-35-15-17-41-32(27-35)19-23-56(41)29(3)47(58)61-44(57)28-55-22-18-31-26-34(14-16-40(31)55)59-25-21-39-43(5-2)63-46(54-39)36-8-6-7-9-37(36)49/h6-19,22-23,26-27,29H,4-5,20-21,24-25,28H2,1-3H3. The summed E-state index contributed by atoms with van der Waals surface area (Å²) in [5.41, 5.74) is 4.29. The molecule has 4 aromatic heterocycles. The van der Waals surface area contributed by atoms with Gasteiger partial charge < -0.3 is 23.3 Å². The summed E-state index contributed by atoms with van der Waals surface area (Å²) in [6.45, 7) is 6.44. The number of aromatic nitrogens is 4. The Bertz CT molecular complexity index is 2920. The van der Waals surface area contributed by atoms with Crippen LogP contribution in [0.15, 0.2) is 109 Å². The summed E-state index contributed by atoms with van der Waals surface area (Å²) in [7, 11) is 0. The van der Waals surface area contributed by atoms with Crippen LogP contribution < -0.4 is 9.47 Å². The van der Waals surface area contributed by atoms with Crippen molar-refractivity contribution in [2.75, 3.05) is 13.2 Å². The van der Waals surface area contributed by atoms with E-state index in [9.17, 15) is 22.8 Å². The highest BCUT2D eigenvalue weighted by atomic mass is 35.5. The van der Waals surface area contributed by atoms with Crippen LogP contribution in [0.3, 0.4) is 0 Å². The molecule has 324 valence electrons. The zero-order valence-electron chi connectivity index (χ0n) is 34.6. The van der Waals surface area contributed by atoms with Gasteiger partial charge in [-0.1, -0.05) is 55.8 Å². The minimum absolute atomic E-state index is 0.149. The average Bonchev–Trinajstić information content (AvgIpc) is 4.08. The van der Waals surface area contributed by atoms with Crippen molar-refractivity contribution in [1.29, 1.82) is 0 Å². The number of rotatable bonds is 16. The summed E-state index contributed by atoms with van der Waals surface area (Å²) >= 11 is 9.55. The van der Waals surface area contributed by atoms with Crippen LogP contribution in [0.1, 0.15) is 53.5 Å². The molecule has 0 aliphatic rings. The molecule has 0 fully saturated rings. The summed E-state index contributed by atoms with van der Waals surface area (Å²) in [5.74, 6) is -0.0350. The SMILES string of the molecule is CCc1sc(-c2ccc(C(F)(F)F)cc2)nc1CCOc1ccc2c(ccn2C(C)C(=O)OC(=O)Cn2ccc3cc(OCCc4nc(-c5ccccc5Cl)sc4CC)ccc32)c1. The first-order chi connectivity index (χ1) is 30.4. The van der Waals surface area contributed by atoms with Crippen LogP contribution in [0.25, 0.3) is 42.9 Å². The Labute approximate surface area is 374 Å². The number of carbonyl (C=O) groups is 2. The molecule has 8 aromatic rings. The molecule has 0 radical (unpaired) electrons. The largest absolute Gasteiger partial charge is 0.493 e. The number of hydrogen-bond acceptors (Lipinski definition) is 9. The van der Waals surface area contributed by atoms with Crippen molar-refractivity contribution in [3.05, 3.63) is 141 Å². The fourth-order valence-corrected chi connectivity index (χ4v) is 9.80. The van der Waals surface area contributed by atoms with Gasteiger partial charge in [0.2, 0.25) is 0 Å². The van der Waals surface area contributed by atoms with E-state index in [1.807, 2.05) is 79.7 Å². The molecule has 63 heavy (non-hydrogen) atoms. The smallest absolute Gasteiger partial charge is 0.416 e. The molecule has 15 heteroatoms. The molecular weight excluding hydrogens is 869 g/mol. The topological polar surface area (TPSA) is 97.5 Å². The lowest BCUT2D eigenvalue weighted by molar-refractivity contribution is -0.162. The van der Waals surface area contributed by atoms with Crippen molar-refractivity contribution in [1.82, 2.24) is 19.1 Å². The summed E-state index contributed by atoms with van der Waals surface area (Å²) in [5, 5.41) is 3.96. The summed E-state index contributed by atoms with van der Waals surface area (Å²) in [6, 6.07) is 26.9. The Morgan fingerprint density at radius 2 is 1.33 bits per heavy atom. The lowest BCUT2D eigenvalue weighted by atomic mass is 10.1. The van der Waals surface area contributed by atoms with E-state index in [0.29, 0.717) is 53.1 Å². The highest BCUT2D eigenvalue weighted by Crippen LogP contribution is 2.35. The van der Waals surface area contributed by atoms with Gasteiger partial charge in [0.1, 0.15) is 34.1 Å². The number of thiazole rings is 2. The summed E-state index contributed by atoms with van der Waals surface area (Å²) in [6.07, 6.45) is 1.93. The zero-order chi connectivity index (χ0) is 44.3. The molecule has 0 bridgehead atoms. The maximum absolute atomic E-state index is 13.2. The van der Waals surface area contributed by atoms with Gasteiger partial charge in [0.05, 0.1) is 35.2 Å². The number of esters is 2. The van der Waals surface area contributed by atoms with Crippen LogP contribution in [0.2, 0.25) is 5.02 Å². The molecule has 8 rings (SSSR count). The Kier molecular flexibility index (Phi) is 13.0. The predicted molar refractivity (Wildman–Crippen MR) is 242 cm³/mol. The van der Waals surface area contributed by atoms with Crippen LogP contribution >= 0.6 is 34.3 Å². The minimum Gasteiger partial charge on any atom is -0.493 e. The number of nitrogens with zero attached hydrogens (tertiary/aromatic N) is 4. The van der Waals surface area contributed by atoms with Crippen LogP contribution in [-0.4, -0.2) is 44.3 Å². The molecule has 4 aromatic carbocycles. The normalized spacial score (nSPS) is 12.2. The maximum Gasteiger partial charge on any atom is 0.416 e. The van der Waals surface area contributed by atoms with Gasteiger partial charge in [-0.3, -0.25) is 0 Å². The third-order valence-corrected chi connectivity index (χ3v) is 13.6. The van der Waals surface area contributed by atoms with Crippen molar-refractivity contribution in [3.63, 3.8) is 0 Å². The maximum atomic E-state index is 13.2. The van der Waals surface area contributed by atoms with E-state index in [1.54, 1.807) is 39.8 Å². The summed E-state index contributed by atoms with van der Waals surface area (Å²) in [4.78, 5) is 38.1. The minimum atomic E-state index is -4.39. The second-order valence-electron chi connectivity index (χ2n) is 14.8. The van der Waals surface area contributed by atoms with Gasteiger partial charge in [-0.05, 0) is 86.5 Å². The predicted octanol–water partition coefficient (Wildman–Crippen LogP) is 12.2. The summed E-state index contributed by atoms with van der Waals surface area (Å²) < 4.78 is 60.2. The number of fused-ring (bicyclic) bond motifs is 2. The van der Waals surface area contributed by atoms with Gasteiger partial charge in [-0.2, -0.15) is 13.2 Å². The second kappa shape index (κ2) is 18.8. The van der Waals surface area contributed by atoms with Gasteiger partial charge >= 0.3 is 18.1 Å². The third-order valence-electron chi connectivity index (χ3n) is 10.7. The van der Waals surface area contributed by atoms with E-state index in [2.05, 4.69) is 6.92 Å². The van der Waals surface area contributed by atoms with Gasteiger partial charge in [0, 0.05) is 67.9 Å². The fourth-order valence-electron chi connectivity index (χ4n) is 7.37. The first kappa shape index (κ1) is 43.7. The first-order valence-electron chi connectivity index (χ1n) is 20.5. The molecule has 0 saturated carbocycles.